The zero-order chi connectivity index (χ0) is 10.8. The number of rotatable bonds is 2. The van der Waals surface area contributed by atoms with E-state index in [1.54, 1.807) is 11.0 Å². The second kappa shape index (κ2) is 4.47. The third-order valence-electron chi connectivity index (χ3n) is 2.53. The van der Waals surface area contributed by atoms with Crippen molar-refractivity contribution in [1.29, 1.82) is 0 Å². The summed E-state index contributed by atoms with van der Waals surface area (Å²) in [5.74, 6) is -0.0336. The number of carbonyl (C=O) groups is 1. The van der Waals surface area contributed by atoms with E-state index in [1.807, 2.05) is 28.7 Å². The van der Waals surface area contributed by atoms with Crippen LogP contribution < -0.4 is 0 Å². The molecule has 1 aromatic rings. The highest BCUT2D eigenvalue weighted by atomic mass is 127. The van der Waals surface area contributed by atoms with Crippen LogP contribution in [0.2, 0.25) is 0 Å². The van der Waals surface area contributed by atoms with E-state index in [2.05, 4.69) is 0 Å². The Balaban J connectivity index is 2.10. The summed E-state index contributed by atoms with van der Waals surface area (Å²) in [4.78, 5) is 13.1. The molecular formula is C11H11FINO. The van der Waals surface area contributed by atoms with Crippen molar-refractivity contribution in [3.8, 4) is 0 Å². The molecule has 2 nitrogen and oxygen atoms in total. The van der Waals surface area contributed by atoms with Crippen LogP contribution in [0.25, 0.3) is 0 Å². The molecule has 80 valence electrons. The molecular weight excluding hydrogens is 308 g/mol. The first-order valence-corrected chi connectivity index (χ1v) is 5.96. The van der Waals surface area contributed by atoms with Gasteiger partial charge in [0, 0.05) is 23.1 Å². The van der Waals surface area contributed by atoms with Gasteiger partial charge in [-0.3, -0.25) is 4.79 Å². The van der Waals surface area contributed by atoms with Crippen LogP contribution in [-0.4, -0.2) is 17.4 Å². The van der Waals surface area contributed by atoms with Gasteiger partial charge in [0.15, 0.2) is 0 Å². The van der Waals surface area contributed by atoms with Crippen LogP contribution in [0, 0.1) is 9.39 Å². The van der Waals surface area contributed by atoms with E-state index >= 15 is 0 Å². The summed E-state index contributed by atoms with van der Waals surface area (Å²) < 4.78 is 13.9. The van der Waals surface area contributed by atoms with Gasteiger partial charge in [0.2, 0.25) is 5.91 Å². The Morgan fingerprint density at radius 2 is 2.27 bits per heavy atom. The van der Waals surface area contributed by atoms with E-state index in [0.29, 0.717) is 16.5 Å². The van der Waals surface area contributed by atoms with Gasteiger partial charge in [0.1, 0.15) is 5.82 Å². The molecule has 1 saturated heterocycles. The molecule has 0 N–H and O–H groups in total. The van der Waals surface area contributed by atoms with Gasteiger partial charge in [-0.15, -0.1) is 0 Å². The Morgan fingerprint density at radius 3 is 2.87 bits per heavy atom. The van der Waals surface area contributed by atoms with Crippen LogP contribution in [0.3, 0.4) is 0 Å². The van der Waals surface area contributed by atoms with Crippen LogP contribution in [0.5, 0.6) is 0 Å². The molecule has 0 bridgehead atoms. The molecule has 0 aliphatic carbocycles. The van der Waals surface area contributed by atoms with Crippen LogP contribution in [-0.2, 0) is 11.3 Å². The van der Waals surface area contributed by atoms with Crippen LogP contribution in [0.4, 0.5) is 4.39 Å². The van der Waals surface area contributed by atoms with Crippen molar-refractivity contribution in [1.82, 2.24) is 4.90 Å². The number of carbonyl (C=O) groups excluding carboxylic acids is 1. The van der Waals surface area contributed by atoms with Crippen molar-refractivity contribution >= 4 is 28.5 Å². The highest BCUT2D eigenvalue weighted by Crippen LogP contribution is 2.17. The first-order chi connectivity index (χ1) is 7.16. The molecule has 2 rings (SSSR count). The highest BCUT2D eigenvalue weighted by Gasteiger charge is 2.20. The Hall–Kier alpha value is -0.650. The summed E-state index contributed by atoms with van der Waals surface area (Å²) in [6.45, 7) is 1.33. The van der Waals surface area contributed by atoms with Gasteiger partial charge in [0.05, 0.1) is 0 Å². The highest BCUT2D eigenvalue weighted by molar-refractivity contribution is 14.1. The van der Waals surface area contributed by atoms with Gasteiger partial charge in [-0.1, -0.05) is 6.07 Å². The molecule has 1 aromatic carbocycles. The molecule has 0 saturated carbocycles. The lowest BCUT2D eigenvalue weighted by atomic mass is 10.2. The molecule has 15 heavy (non-hydrogen) atoms. The zero-order valence-electron chi connectivity index (χ0n) is 8.17. The van der Waals surface area contributed by atoms with E-state index in [0.717, 1.165) is 18.5 Å². The maximum Gasteiger partial charge on any atom is 0.222 e. The van der Waals surface area contributed by atoms with E-state index in [9.17, 15) is 9.18 Å². The van der Waals surface area contributed by atoms with Gasteiger partial charge in [-0.2, -0.15) is 0 Å². The Kier molecular flexibility index (Phi) is 3.23. The molecule has 4 heteroatoms. The van der Waals surface area contributed by atoms with E-state index < -0.39 is 0 Å². The molecule has 0 aromatic heterocycles. The number of nitrogens with zero attached hydrogens (tertiary/aromatic N) is 1. The molecule has 0 spiro atoms. The molecule has 0 radical (unpaired) electrons. The minimum absolute atomic E-state index is 0.175. The average Bonchev–Trinajstić information content (AvgIpc) is 2.59. The third-order valence-corrected chi connectivity index (χ3v) is 3.40. The minimum atomic E-state index is -0.209. The summed E-state index contributed by atoms with van der Waals surface area (Å²) in [5.41, 5.74) is 0.864. The number of halogens is 2. The maximum absolute atomic E-state index is 13.2. The fourth-order valence-electron chi connectivity index (χ4n) is 1.73. The molecule has 1 amide bonds. The van der Waals surface area contributed by atoms with Gasteiger partial charge in [-0.05, 0) is 46.7 Å². The summed E-state index contributed by atoms with van der Waals surface area (Å²) in [6, 6.07) is 5.12. The fourth-order valence-corrected chi connectivity index (χ4v) is 2.07. The second-order valence-electron chi connectivity index (χ2n) is 3.67. The van der Waals surface area contributed by atoms with Gasteiger partial charge in [-0.25, -0.2) is 4.39 Å². The number of hydrogen-bond donors (Lipinski definition) is 0. The number of likely N-dealkylation sites (tertiary alicyclic amines) is 1. The Labute approximate surface area is 102 Å². The number of hydrogen-bond acceptors (Lipinski definition) is 1. The topological polar surface area (TPSA) is 20.3 Å². The lowest BCUT2D eigenvalue weighted by molar-refractivity contribution is -0.128. The number of amides is 1. The Morgan fingerprint density at radius 1 is 1.47 bits per heavy atom. The Bertz CT molecular complexity index is 394. The van der Waals surface area contributed by atoms with Crippen molar-refractivity contribution in [3.63, 3.8) is 0 Å². The fraction of sp³-hybridized carbons (Fsp3) is 0.364. The van der Waals surface area contributed by atoms with Crippen molar-refractivity contribution < 1.29 is 9.18 Å². The summed E-state index contributed by atoms with van der Waals surface area (Å²) in [7, 11) is 0. The SMILES string of the molecule is O=C1CCCN1Cc1ccc(I)c(F)c1. The molecule has 1 heterocycles. The molecule has 0 atom stereocenters. The molecule has 1 fully saturated rings. The average molecular weight is 319 g/mol. The van der Waals surface area contributed by atoms with Crippen molar-refractivity contribution in [2.45, 2.75) is 19.4 Å². The summed E-state index contributed by atoms with van der Waals surface area (Å²) in [6.07, 6.45) is 1.55. The summed E-state index contributed by atoms with van der Waals surface area (Å²) >= 11 is 1.95. The molecule has 1 aliphatic heterocycles. The van der Waals surface area contributed by atoms with Gasteiger partial charge >= 0.3 is 0 Å². The predicted octanol–water partition coefficient (Wildman–Crippen LogP) is 2.55. The summed E-state index contributed by atoms with van der Waals surface area (Å²) in [5, 5.41) is 0. The minimum Gasteiger partial charge on any atom is -0.338 e. The quantitative estimate of drug-likeness (QED) is 0.767. The van der Waals surface area contributed by atoms with Gasteiger partial charge in [0.25, 0.3) is 0 Å². The largest absolute Gasteiger partial charge is 0.338 e. The van der Waals surface area contributed by atoms with Crippen LogP contribution in [0.15, 0.2) is 18.2 Å². The smallest absolute Gasteiger partial charge is 0.222 e. The standard InChI is InChI=1S/C11H11FINO/c12-9-6-8(3-4-10(9)13)7-14-5-1-2-11(14)15/h3-4,6H,1-2,5,7H2. The van der Waals surface area contributed by atoms with Crippen LogP contribution >= 0.6 is 22.6 Å². The zero-order valence-corrected chi connectivity index (χ0v) is 10.3. The lowest BCUT2D eigenvalue weighted by Gasteiger charge is -2.15. The van der Waals surface area contributed by atoms with E-state index in [1.165, 1.54) is 6.07 Å². The van der Waals surface area contributed by atoms with Crippen molar-refractivity contribution in [2.24, 2.45) is 0 Å². The van der Waals surface area contributed by atoms with Crippen molar-refractivity contribution in [2.75, 3.05) is 6.54 Å². The second-order valence-corrected chi connectivity index (χ2v) is 4.83. The van der Waals surface area contributed by atoms with Crippen molar-refractivity contribution in [3.05, 3.63) is 33.1 Å². The van der Waals surface area contributed by atoms with Gasteiger partial charge < -0.3 is 4.90 Å². The normalized spacial score (nSPS) is 16.1. The van der Waals surface area contributed by atoms with Crippen LogP contribution in [0.1, 0.15) is 18.4 Å². The maximum atomic E-state index is 13.2. The first-order valence-electron chi connectivity index (χ1n) is 4.88. The van der Waals surface area contributed by atoms with E-state index in [-0.39, 0.29) is 11.7 Å². The molecule has 1 aliphatic rings. The predicted molar refractivity (Wildman–Crippen MR) is 63.8 cm³/mol. The monoisotopic (exact) mass is 319 g/mol. The number of benzene rings is 1. The first kappa shape index (κ1) is 10.9. The molecule has 0 unspecified atom stereocenters. The van der Waals surface area contributed by atoms with E-state index in [4.69, 9.17) is 0 Å². The third kappa shape index (κ3) is 2.48. The lowest BCUT2D eigenvalue weighted by Crippen LogP contribution is -2.23.